The van der Waals surface area contributed by atoms with Crippen molar-refractivity contribution in [2.75, 3.05) is 38.8 Å². The number of sulfonamides is 1. The molecule has 11 heteroatoms. The van der Waals surface area contributed by atoms with E-state index in [4.69, 9.17) is 9.47 Å². The van der Waals surface area contributed by atoms with Gasteiger partial charge in [-0.15, -0.1) is 0 Å². The molecule has 1 aliphatic heterocycles. The van der Waals surface area contributed by atoms with Crippen molar-refractivity contribution in [3.8, 4) is 11.5 Å². The molecule has 0 bridgehead atoms. The summed E-state index contributed by atoms with van der Waals surface area (Å²) >= 11 is 0. The van der Waals surface area contributed by atoms with Gasteiger partial charge in [-0.3, -0.25) is 0 Å². The summed E-state index contributed by atoms with van der Waals surface area (Å²) in [5, 5.41) is 12.5. The van der Waals surface area contributed by atoms with E-state index in [1.165, 1.54) is 32.4 Å². The van der Waals surface area contributed by atoms with Crippen molar-refractivity contribution in [1.29, 1.82) is 0 Å². The Hall–Kier alpha value is -1.40. The van der Waals surface area contributed by atoms with Crippen molar-refractivity contribution in [2.24, 2.45) is 0 Å². The quantitative estimate of drug-likeness (QED) is 0.465. The SMILES string of the molecule is COc1ccc(S(=O)(=O)NCCN[C@@H]2CS(=O)(=O)C[C@H]2O)c(OC)c1. The minimum atomic E-state index is -3.81. The summed E-state index contributed by atoms with van der Waals surface area (Å²) in [6.07, 6.45) is -0.983. The largest absolute Gasteiger partial charge is 0.497 e. The Balaban J connectivity index is 1.94. The molecule has 25 heavy (non-hydrogen) atoms. The smallest absolute Gasteiger partial charge is 0.244 e. The molecular formula is C14H22N2O7S2. The fourth-order valence-electron chi connectivity index (χ4n) is 2.54. The molecule has 3 N–H and O–H groups in total. The summed E-state index contributed by atoms with van der Waals surface area (Å²) in [5.74, 6) is 0.179. The maximum absolute atomic E-state index is 12.4. The second-order valence-electron chi connectivity index (χ2n) is 5.62. The molecule has 0 amide bonds. The predicted octanol–water partition coefficient (Wildman–Crippen LogP) is -1.27. The zero-order valence-electron chi connectivity index (χ0n) is 13.9. The number of aliphatic hydroxyl groups is 1. The molecule has 0 aromatic heterocycles. The van der Waals surface area contributed by atoms with E-state index in [1.54, 1.807) is 0 Å². The third-order valence-corrected chi connectivity index (χ3v) is 7.02. The number of rotatable bonds is 8. The monoisotopic (exact) mass is 394 g/mol. The highest BCUT2D eigenvalue weighted by Crippen LogP contribution is 2.28. The van der Waals surface area contributed by atoms with Crippen molar-refractivity contribution >= 4 is 19.9 Å². The van der Waals surface area contributed by atoms with Crippen molar-refractivity contribution in [2.45, 2.75) is 17.0 Å². The van der Waals surface area contributed by atoms with E-state index in [1.807, 2.05) is 0 Å². The standard InChI is InChI=1S/C14H22N2O7S2/c1-22-10-3-4-14(13(7-10)23-2)25(20,21)16-6-5-15-11-8-24(18,19)9-12(11)17/h3-4,7,11-12,15-17H,5-6,8-9H2,1-2H3/t11-,12-/m1/s1. The van der Waals surface area contributed by atoms with Crippen LogP contribution in [0.2, 0.25) is 0 Å². The maximum Gasteiger partial charge on any atom is 0.244 e. The van der Waals surface area contributed by atoms with E-state index in [-0.39, 0.29) is 35.2 Å². The zero-order chi connectivity index (χ0) is 18.7. The molecule has 0 radical (unpaired) electrons. The lowest BCUT2D eigenvalue weighted by Gasteiger charge is -2.16. The fraction of sp³-hybridized carbons (Fsp3) is 0.571. The van der Waals surface area contributed by atoms with E-state index in [0.717, 1.165) is 0 Å². The van der Waals surface area contributed by atoms with Crippen LogP contribution in [0.25, 0.3) is 0 Å². The van der Waals surface area contributed by atoms with Gasteiger partial charge < -0.3 is 19.9 Å². The molecule has 1 aromatic rings. The van der Waals surface area contributed by atoms with Crippen LogP contribution in [0.3, 0.4) is 0 Å². The van der Waals surface area contributed by atoms with Crippen LogP contribution in [-0.4, -0.2) is 72.9 Å². The van der Waals surface area contributed by atoms with Gasteiger partial charge in [-0.25, -0.2) is 21.6 Å². The second kappa shape index (κ2) is 7.87. The van der Waals surface area contributed by atoms with Gasteiger partial charge in [-0.2, -0.15) is 0 Å². The van der Waals surface area contributed by atoms with E-state index in [9.17, 15) is 21.9 Å². The minimum Gasteiger partial charge on any atom is -0.497 e. The molecule has 2 rings (SSSR count). The Morgan fingerprint density at radius 2 is 1.92 bits per heavy atom. The van der Waals surface area contributed by atoms with Crippen LogP contribution in [-0.2, 0) is 19.9 Å². The van der Waals surface area contributed by atoms with Crippen LogP contribution >= 0.6 is 0 Å². The number of hydrogen-bond donors (Lipinski definition) is 3. The van der Waals surface area contributed by atoms with Gasteiger partial charge in [0.15, 0.2) is 9.84 Å². The predicted molar refractivity (Wildman–Crippen MR) is 91.2 cm³/mol. The summed E-state index contributed by atoms with van der Waals surface area (Å²) in [5.41, 5.74) is 0. The Labute approximate surface area is 147 Å². The summed E-state index contributed by atoms with van der Waals surface area (Å²) in [6.45, 7) is 0.204. The van der Waals surface area contributed by atoms with Crippen molar-refractivity contribution in [3.63, 3.8) is 0 Å². The molecule has 1 aromatic carbocycles. The Kier molecular flexibility index (Phi) is 6.27. The van der Waals surface area contributed by atoms with E-state index >= 15 is 0 Å². The van der Waals surface area contributed by atoms with Gasteiger partial charge in [-0.05, 0) is 12.1 Å². The normalized spacial score (nSPS) is 22.7. The summed E-state index contributed by atoms with van der Waals surface area (Å²) in [6, 6.07) is 3.76. The third-order valence-electron chi connectivity index (χ3n) is 3.81. The van der Waals surface area contributed by atoms with E-state index in [2.05, 4.69) is 10.0 Å². The highest BCUT2D eigenvalue weighted by molar-refractivity contribution is 7.91. The molecule has 9 nitrogen and oxygen atoms in total. The first-order chi connectivity index (χ1) is 11.7. The summed E-state index contributed by atoms with van der Waals surface area (Å²) in [4.78, 5) is -0.0284. The van der Waals surface area contributed by atoms with Crippen molar-refractivity contribution in [3.05, 3.63) is 18.2 Å². The first-order valence-electron chi connectivity index (χ1n) is 7.52. The molecule has 0 aliphatic carbocycles. The lowest BCUT2D eigenvalue weighted by Crippen LogP contribution is -2.42. The van der Waals surface area contributed by atoms with Crippen molar-refractivity contribution in [1.82, 2.24) is 10.0 Å². The van der Waals surface area contributed by atoms with Crippen LogP contribution < -0.4 is 19.5 Å². The van der Waals surface area contributed by atoms with Crippen LogP contribution in [0.1, 0.15) is 0 Å². The van der Waals surface area contributed by atoms with Gasteiger partial charge in [0.2, 0.25) is 10.0 Å². The van der Waals surface area contributed by atoms with Gasteiger partial charge in [0.25, 0.3) is 0 Å². The fourth-order valence-corrected chi connectivity index (χ4v) is 5.50. The average Bonchev–Trinajstić information content (AvgIpc) is 2.82. The lowest BCUT2D eigenvalue weighted by molar-refractivity contribution is 0.166. The van der Waals surface area contributed by atoms with Crippen LogP contribution in [0, 0.1) is 0 Å². The second-order valence-corrected chi connectivity index (χ2v) is 9.51. The molecule has 142 valence electrons. The summed E-state index contributed by atoms with van der Waals surface area (Å²) < 4.78 is 60.1. The van der Waals surface area contributed by atoms with Gasteiger partial charge in [0, 0.05) is 25.2 Å². The number of methoxy groups -OCH3 is 2. The molecule has 1 saturated heterocycles. The zero-order valence-corrected chi connectivity index (χ0v) is 15.6. The first-order valence-corrected chi connectivity index (χ1v) is 10.8. The highest BCUT2D eigenvalue weighted by atomic mass is 32.2. The molecule has 1 aliphatic rings. The lowest BCUT2D eigenvalue weighted by atomic mass is 10.2. The maximum atomic E-state index is 12.4. The molecule has 1 fully saturated rings. The van der Waals surface area contributed by atoms with Crippen LogP contribution in [0.5, 0.6) is 11.5 Å². The highest BCUT2D eigenvalue weighted by Gasteiger charge is 2.35. The topological polar surface area (TPSA) is 131 Å². The van der Waals surface area contributed by atoms with E-state index in [0.29, 0.717) is 5.75 Å². The Morgan fingerprint density at radius 1 is 1.20 bits per heavy atom. The first kappa shape index (κ1) is 19.9. The van der Waals surface area contributed by atoms with Gasteiger partial charge in [-0.1, -0.05) is 0 Å². The number of ether oxygens (including phenoxy) is 2. The molecule has 0 unspecified atom stereocenters. The number of aliphatic hydroxyl groups excluding tert-OH is 1. The van der Waals surface area contributed by atoms with E-state index < -0.39 is 32.0 Å². The molecule has 1 heterocycles. The van der Waals surface area contributed by atoms with Crippen LogP contribution in [0.15, 0.2) is 23.1 Å². The third kappa shape index (κ3) is 5.05. The molecular weight excluding hydrogens is 372 g/mol. The number of benzene rings is 1. The molecule has 0 spiro atoms. The molecule has 0 saturated carbocycles. The number of nitrogens with one attached hydrogen (secondary N) is 2. The number of hydrogen-bond acceptors (Lipinski definition) is 8. The van der Waals surface area contributed by atoms with Gasteiger partial charge >= 0.3 is 0 Å². The minimum absolute atomic E-state index is 0.0284. The Morgan fingerprint density at radius 3 is 2.48 bits per heavy atom. The van der Waals surface area contributed by atoms with Crippen LogP contribution in [0.4, 0.5) is 0 Å². The summed E-state index contributed by atoms with van der Waals surface area (Å²) in [7, 11) is -4.24. The van der Waals surface area contributed by atoms with Gasteiger partial charge in [0.1, 0.15) is 16.4 Å². The van der Waals surface area contributed by atoms with Crippen molar-refractivity contribution < 1.29 is 31.4 Å². The Bertz CT molecular complexity index is 808. The molecule has 2 atom stereocenters. The van der Waals surface area contributed by atoms with Gasteiger partial charge in [0.05, 0.1) is 31.8 Å². The average molecular weight is 394 g/mol. The number of sulfone groups is 1.